The van der Waals surface area contributed by atoms with E-state index in [-0.39, 0.29) is 19.5 Å². The van der Waals surface area contributed by atoms with Crippen LogP contribution in [0.2, 0.25) is 0 Å². The van der Waals surface area contributed by atoms with Gasteiger partial charge in [-0.05, 0) is 34.2 Å². The number of benzene rings is 3. The zero-order chi connectivity index (χ0) is 26.5. The molecule has 5 aromatic rings. The second-order valence-corrected chi connectivity index (χ2v) is 10.0. The molecule has 0 aliphatic carbocycles. The molecule has 0 amide bonds. The van der Waals surface area contributed by atoms with Crippen LogP contribution in [0.5, 0.6) is 0 Å². The number of nitrogens with zero attached hydrogens (tertiary/aromatic N) is 2. The molecule has 1 aliphatic heterocycles. The van der Waals surface area contributed by atoms with E-state index in [1.165, 1.54) is 0 Å². The van der Waals surface area contributed by atoms with Gasteiger partial charge >= 0.3 is 0 Å². The molecule has 0 saturated carbocycles. The normalized spacial score (nSPS) is 17.6. The van der Waals surface area contributed by atoms with Gasteiger partial charge in [0.15, 0.2) is 0 Å². The predicted octanol–water partition coefficient (Wildman–Crippen LogP) is 6.19. The maximum Gasteiger partial charge on any atom is 0.262 e. The zero-order valence-electron chi connectivity index (χ0n) is 20.6. The number of fused-ring (bicyclic) bond motifs is 3. The summed E-state index contributed by atoms with van der Waals surface area (Å²) < 4.78 is 53.3. The molecule has 10 heteroatoms. The molecule has 1 atom stereocenters. The summed E-state index contributed by atoms with van der Waals surface area (Å²) in [5.41, 5.74) is 5.39. The number of H-pyrrole nitrogens is 2. The highest BCUT2D eigenvalue weighted by molar-refractivity contribution is 6.05. The topological polar surface area (TPSA) is 81.4 Å². The van der Waals surface area contributed by atoms with E-state index in [4.69, 9.17) is 0 Å². The molecule has 3 heterocycles. The van der Waals surface area contributed by atoms with Gasteiger partial charge in [0.25, 0.3) is 11.8 Å². The summed E-state index contributed by atoms with van der Waals surface area (Å²) in [4.78, 5) is 15.3. The molecule has 6 nitrogen and oxygen atoms in total. The number of imidazole rings is 2. The third-order valence-corrected chi connectivity index (χ3v) is 6.81. The molecule has 38 heavy (non-hydrogen) atoms. The lowest BCUT2D eigenvalue weighted by molar-refractivity contribution is 0.0205. The molecule has 0 radical (unpaired) electrons. The molecular weight excluding hydrogens is 496 g/mol. The van der Waals surface area contributed by atoms with Crippen molar-refractivity contribution in [2.45, 2.75) is 37.8 Å². The summed E-state index contributed by atoms with van der Waals surface area (Å²) in [5, 5.41) is 7.51. The van der Waals surface area contributed by atoms with Gasteiger partial charge in [-0.3, -0.25) is 0 Å². The standard InChI is InChI=1S/C28H26F4N6/c1-27(29,30)14-33-13-24-34-12-23(36-24)17-4-2-16(3-5-17)18-6-8-20-19(10-18)7-9-21-25(20)38-26(37-21)22-11-28(31,32)15-35-22/h2-10,12,22,33,35H,11,13-15H2,1H3,(H,34,36)(H,37,38)/t22-/m0/s1. The first kappa shape index (κ1) is 24.6. The van der Waals surface area contributed by atoms with E-state index in [1.54, 1.807) is 6.20 Å². The minimum atomic E-state index is -2.77. The number of halogens is 4. The molecule has 1 fully saturated rings. The first-order chi connectivity index (χ1) is 18.1. The van der Waals surface area contributed by atoms with Gasteiger partial charge in [0.1, 0.15) is 11.6 Å². The monoisotopic (exact) mass is 522 g/mol. The third kappa shape index (κ3) is 5.01. The fourth-order valence-electron chi connectivity index (χ4n) is 4.92. The van der Waals surface area contributed by atoms with Crippen LogP contribution < -0.4 is 10.6 Å². The van der Waals surface area contributed by atoms with E-state index in [0.717, 1.165) is 51.1 Å². The van der Waals surface area contributed by atoms with Crippen LogP contribution >= 0.6 is 0 Å². The molecule has 3 aromatic carbocycles. The van der Waals surface area contributed by atoms with Crippen LogP contribution in [0.3, 0.4) is 0 Å². The number of hydrogen-bond acceptors (Lipinski definition) is 4. The Bertz CT molecular complexity index is 1600. The van der Waals surface area contributed by atoms with E-state index in [9.17, 15) is 17.6 Å². The van der Waals surface area contributed by atoms with Crippen LogP contribution in [0.4, 0.5) is 17.6 Å². The van der Waals surface area contributed by atoms with Crippen LogP contribution in [0.25, 0.3) is 44.2 Å². The van der Waals surface area contributed by atoms with E-state index >= 15 is 0 Å². The van der Waals surface area contributed by atoms with Crippen molar-refractivity contribution in [2.24, 2.45) is 0 Å². The molecule has 0 spiro atoms. The van der Waals surface area contributed by atoms with Gasteiger partial charge in [0, 0.05) is 18.7 Å². The second kappa shape index (κ2) is 9.21. The van der Waals surface area contributed by atoms with Crippen molar-refractivity contribution in [2.75, 3.05) is 13.1 Å². The maximum absolute atomic E-state index is 13.7. The Morgan fingerprint density at radius 2 is 1.76 bits per heavy atom. The minimum absolute atomic E-state index is 0.229. The van der Waals surface area contributed by atoms with Gasteiger partial charge in [0.05, 0.1) is 48.6 Å². The Balaban J connectivity index is 1.21. The van der Waals surface area contributed by atoms with E-state index in [0.29, 0.717) is 11.6 Å². The second-order valence-electron chi connectivity index (χ2n) is 10.0. The summed E-state index contributed by atoms with van der Waals surface area (Å²) in [5.74, 6) is -4.37. The Labute approximate surface area is 215 Å². The Morgan fingerprint density at radius 3 is 2.50 bits per heavy atom. The van der Waals surface area contributed by atoms with Crippen LogP contribution in [-0.2, 0) is 6.54 Å². The zero-order valence-corrected chi connectivity index (χ0v) is 20.6. The highest BCUT2D eigenvalue weighted by atomic mass is 19.3. The Hall–Kier alpha value is -3.76. The smallest absolute Gasteiger partial charge is 0.262 e. The lowest BCUT2D eigenvalue weighted by Crippen LogP contribution is -2.29. The molecule has 2 aromatic heterocycles. The third-order valence-electron chi connectivity index (χ3n) is 6.81. The van der Waals surface area contributed by atoms with Gasteiger partial charge in [0.2, 0.25) is 0 Å². The molecule has 1 saturated heterocycles. The van der Waals surface area contributed by atoms with Gasteiger partial charge < -0.3 is 20.6 Å². The van der Waals surface area contributed by atoms with Crippen molar-refractivity contribution in [1.82, 2.24) is 30.6 Å². The van der Waals surface area contributed by atoms with Gasteiger partial charge in [-0.1, -0.05) is 42.5 Å². The first-order valence-electron chi connectivity index (χ1n) is 12.4. The molecule has 4 N–H and O–H groups in total. The van der Waals surface area contributed by atoms with E-state index in [2.05, 4.69) is 36.6 Å². The summed E-state index contributed by atoms with van der Waals surface area (Å²) in [7, 11) is 0. The number of aromatic nitrogens is 4. The molecule has 6 rings (SSSR count). The van der Waals surface area contributed by atoms with Gasteiger partial charge in [-0.2, -0.15) is 0 Å². The fraction of sp³-hybridized carbons (Fsp3) is 0.286. The first-order valence-corrected chi connectivity index (χ1v) is 12.4. The Kier molecular flexibility index (Phi) is 5.96. The van der Waals surface area contributed by atoms with Gasteiger partial charge in [-0.25, -0.2) is 27.5 Å². The van der Waals surface area contributed by atoms with Crippen LogP contribution in [0, 0.1) is 0 Å². The molecule has 196 valence electrons. The van der Waals surface area contributed by atoms with Crippen LogP contribution in [0.1, 0.15) is 31.0 Å². The SMILES string of the molecule is CC(F)(F)CNCc1ncc(-c2ccc(-c3ccc4c(ccc5[nH]c([C@@H]6CC(F)(F)CN6)nc54)c3)cc2)[nH]1. The van der Waals surface area contributed by atoms with E-state index in [1.807, 2.05) is 48.5 Å². The highest BCUT2D eigenvalue weighted by Gasteiger charge is 2.41. The van der Waals surface area contributed by atoms with Crippen LogP contribution in [0.15, 0.2) is 60.8 Å². The van der Waals surface area contributed by atoms with E-state index < -0.39 is 24.4 Å². The van der Waals surface area contributed by atoms with Crippen LogP contribution in [-0.4, -0.2) is 44.9 Å². The van der Waals surface area contributed by atoms with Gasteiger partial charge in [-0.15, -0.1) is 0 Å². The van der Waals surface area contributed by atoms with Crippen molar-refractivity contribution in [3.63, 3.8) is 0 Å². The fourth-order valence-corrected chi connectivity index (χ4v) is 4.92. The predicted molar refractivity (Wildman–Crippen MR) is 139 cm³/mol. The summed E-state index contributed by atoms with van der Waals surface area (Å²) in [6.45, 7) is 0.357. The lowest BCUT2D eigenvalue weighted by Gasteiger charge is -2.09. The average Bonchev–Trinajstić information content (AvgIpc) is 3.61. The quantitative estimate of drug-likeness (QED) is 0.192. The highest BCUT2D eigenvalue weighted by Crippen LogP contribution is 2.35. The number of nitrogens with one attached hydrogen (secondary N) is 4. The molecule has 0 unspecified atom stereocenters. The number of alkyl halides is 4. The molecule has 1 aliphatic rings. The average molecular weight is 523 g/mol. The van der Waals surface area contributed by atoms with Crippen molar-refractivity contribution in [3.8, 4) is 22.4 Å². The Morgan fingerprint density at radius 1 is 1.00 bits per heavy atom. The number of rotatable bonds is 7. The summed E-state index contributed by atoms with van der Waals surface area (Å²) in [6, 6.07) is 17.6. The summed E-state index contributed by atoms with van der Waals surface area (Å²) >= 11 is 0. The maximum atomic E-state index is 13.7. The molecular formula is C28H26F4N6. The minimum Gasteiger partial charge on any atom is -0.341 e. The van der Waals surface area contributed by atoms with Crippen molar-refractivity contribution < 1.29 is 17.6 Å². The van der Waals surface area contributed by atoms with Crippen molar-refractivity contribution in [1.29, 1.82) is 0 Å². The van der Waals surface area contributed by atoms with Crippen molar-refractivity contribution >= 4 is 21.8 Å². The number of aromatic amines is 2. The van der Waals surface area contributed by atoms with Crippen molar-refractivity contribution in [3.05, 3.63) is 72.4 Å². The summed E-state index contributed by atoms with van der Waals surface area (Å²) in [6.07, 6.45) is 1.43. The number of hydrogen-bond donors (Lipinski definition) is 4. The largest absolute Gasteiger partial charge is 0.341 e. The lowest BCUT2D eigenvalue weighted by atomic mass is 9.99. The molecule has 0 bridgehead atoms.